The minimum atomic E-state index is -4.28. The minimum Gasteiger partial charge on any atom is -0.497 e. The molecule has 0 aliphatic carbocycles. The molecule has 0 radical (unpaired) electrons. The van der Waals surface area contributed by atoms with Gasteiger partial charge in [-0.3, -0.25) is 9.59 Å². The van der Waals surface area contributed by atoms with Gasteiger partial charge >= 0.3 is 5.97 Å². The first-order valence-electron chi connectivity index (χ1n) is 10.8. The van der Waals surface area contributed by atoms with Gasteiger partial charge in [0.05, 0.1) is 31.2 Å². The Bertz CT molecular complexity index is 1410. The molecule has 3 aromatic carbocycles. The first kappa shape index (κ1) is 25.3. The Balaban J connectivity index is 1.85. The van der Waals surface area contributed by atoms with Crippen LogP contribution in [0.1, 0.15) is 15.9 Å². The zero-order valence-corrected chi connectivity index (χ0v) is 20.2. The van der Waals surface area contributed by atoms with E-state index in [0.29, 0.717) is 11.3 Å². The summed E-state index contributed by atoms with van der Waals surface area (Å²) >= 11 is 0. The second-order valence-electron chi connectivity index (χ2n) is 7.91. The molecule has 188 valence electrons. The number of amides is 1. The molecule has 1 aliphatic heterocycles. The number of methoxy groups -OCH3 is 2. The summed E-state index contributed by atoms with van der Waals surface area (Å²) in [5.41, 5.74) is 0.0820. The summed E-state index contributed by atoms with van der Waals surface area (Å²) in [4.78, 5) is 27.3. The van der Waals surface area contributed by atoms with E-state index in [1.165, 1.54) is 37.4 Å². The van der Waals surface area contributed by atoms with Crippen molar-refractivity contribution in [2.24, 2.45) is 0 Å². The van der Waals surface area contributed by atoms with E-state index in [1.807, 2.05) is 0 Å². The second kappa shape index (κ2) is 10.0. The number of carbonyl (C=O) groups excluding carboxylic acids is 2. The Hall–Kier alpha value is -3.83. The molecule has 1 heterocycles. The number of anilines is 1. The van der Waals surface area contributed by atoms with Crippen molar-refractivity contribution in [3.05, 3.63) is 89.5 Å². The summed E-state index contributed by atoms with van der Waals surface area (Å²) < 4.78 is 66.7. The third kappa shape index (κ3) is 4.54. The lowest BCUT2D eigenvalue weighted by Crippen LogP contribution is -2.50. The zero-order valence-electron chi connectivity index (χ0n) is 19.4. The lowest BCUT2D eigenvalue weighted by Gasteiger charge is -2.29. The molecule has 8 nitrogen and oxygen atoms in total. The lowest BCUT2D eigenvalue weighted by atomic mass is 10.1. The summed E-state index contributed by atoms with van der Waals surface area (Å²) in [5.74, 6) is -3.97. The average Bonchev–Trinajstić information content (AvgIpc) is 3.07. The van der Waals surface area contributed by atoms with Crippen molar-refractivity contribution in [2.45, 2.75) is 17.5 Å². The number of hydrogen-bond donors (Lipinski definition) is 0. The largest absolute Gasteiger partial charge is 0.497 e. The normalized spacial score (nSPS) is 16.1. The molecule has 4 rings (SSSR count). The highest BCUT2D eigenvalue weighted by Crippen LogP contribution is 2.33. The standard InChI is InChI=1S/C25H22F2N2O6S/c1-34-17-10-12-18(13-11-17)36(32,33)29-14-16-6-3-4-9-21(16)28(15-22(29)25(31)35-2)24(30)19-7-5-8-20(26)23(19)27/h3-13,22H,14-15H2,1-2H3. The number of esters is 1. The van der Waals surface area contributed by atoms with Crippen molar-refractivity contribution in [3.8, 4) is 5.75 Å². The topological polar surface area (TPSA) is 93.2 Å². The van der Waals surface area contributed by atoms with Crippen LogP contribution < -0.4 is 9.64 Å². The third-order valence-corrected chi connectivity index (χ3v) is 7.75. The molecule has 36 heavy (non-hydrogen) atoms. The fourth-order valence-electron chi connectivity index (χ4n) is 4.02. The maximum Gasteiger partial charge on any atom is 0.326 e. The van der Waals surface area contributed by atoms with E-state index in [1.54, 1.807) is 24.3 Å². The van der Waals surface area contributed by atoms with E-state index in [-0.39, 0.29) is 17.1 Å². The smallest absolute Gasteiger partial charge is 0.326 e. The van der Waals surface area contributed by atoms with Crippen molar-refractivity contribution < 1.29 is 36.3 Å². The van der Waals surface area contributed by atoms with E-state index in [2.05, 4.69) is 0 Å². The number of benzene rings is 3. The molecule has 0 fully saturated rings. The van der Waals surface area contributed by atoms with E-state index >= 15 is 0 Å². The summed E-state index contributed by atoms with van der Waals surface area (Å²) in [6, 6.07) is 13.7. The van der Waals surface area contributed by atoms with E-state index in [0.717, 1.165) is 28.4 Å². The van der Waals surface area contributed by atoms with E-state index in [4.69, 9.17) is 9.47 Å². The molecule has 1 unspecified atom stereocenters. The first-order chi connectivity index (χ1) is 17.2. The third-order valence-electron chi connectivity index (χ3n) is 5.88. The fraction of sp³-hybridized carbons (Fsp3) is 0.200. The Morgan fingerprint density at radius 3 is 2.31 bits per heavy atom. The van der Waals surface area contributed by atoms with Gasteiger partial charge in [0.25, 0.3) is 5.91 Å². The van der Waals surface area contributed by atoms with Crippen LogP contribution in [0.5, 0.6) is 5.75 Å². The van der Waals surface area contributed by atoms with Gasteiger partial charge in [0.1, 0.15) is 11.8 Å². The molecule has 1 atom stereocenters. The van der Waals surface area contributed by atoms with Crippen LogP contribution in [0.25, 0.3) is 0 Å². The zero-order chi connectivity index (χ0) is 26.0. The predicted octanol–water partition coefficient (Wildman–Crippen LogP) is 3.37. The Labute approximate surface area is 206 Å². The number of fused-ring (bicyclic) bond motifs is 1. The number of halogens is 2. The second-order valence-corrected chi connectivity index (χ2v) is 9.80. The Morgan fingerprint density at radius 1 is 0.944 bits per heavy atom. The highest BCUT2D eigenvalue weighted by molar-refractivity contribution is 7.89. The monoisotopic (exact) mass is 516 g/mol. The van der Waals surface area contributed by atoms with Gasteiger partial charge in [-0.15, -0.1) is 0 Å². The van der Waals surface area contributed by atoms with Gasteiger partial charge in [0, 0.05) is 12.2 Å². The van der Waals surface area contributed by atoms with E-state index in [9.17, 15) is 26.8 Å². The molecular formula is C25H22F2N2O6S. The minimum absolute atomic E-state index is 0.106. The number of nitrogens with zero attached hydrogens (tertiary/aromatic N) is 2. The summed E-state index contributed by atoms with van der Waals surface area (Å²) in [6.45, 7) is -0.770. The van der Waals surface area contributed by atoms with Crippen LogP contribution in [0.3, 0.4) is 0 Å². The van der Waals surface area contributed by atoms with Gasteiger partial charge in [0.2, 0.25) is 10.0 Å². The summed E-state index contributed by atoms with van der Waals surface area (Å²) in [5, 5.41) is 0. The molecule has 1 amide bonds. The Kier molecular flexibility index (Phi) is 7.04. The van der Waals surface area contributed by atoms with Crippen LogP contribution in [0.15, 0.2) is 71.6 Å². The van der Waals surface area contributed by atoms with Crippen molar-refractivity contribution in [1.29, 1.82) is 0 Å². The number of ether oxygens (including phenoxy) is 2. The molecule has 0 N–H and O–H groups in total. The highest BCUT2D eigenvalue weighted by atomic mass is 32.2. The van der Waals surface area contributed by atoms with Crippen LogP contribution in [0.4, 0.5) is 14.5 Å². The average molecular weight is 517 g/mol. The number of carbonyl (C=O) groups is 2. The van der Waals surface area contributed by atoms with Gasteiger partial charge in [-0.05, 0) is 48.0 Å². The van der Waals surface area contributed by atoms with Crippen molar-refractivity contribution in [3.63, 3.8) is 0 Å². The predicted molar refractivity (Wildman–Crippen MR) is 126 cm³/mol. The van der Waals surface area contributed by atoms with Gasteiger partial charge in [0.15, 0.2) is 11.6 Å². The maximum absolute atomic E-state index is 14.5. The van der Waals surface area contributed by atoms with Crippen LogP contribution in [-0.4, -0.2) is 51.4 Å². The molecule has 0 saturated carbocycles. The summed E-state index contributed by atoms with van der Waals surface area (Å²) in [6.07, 6.45) is 0. The van der Waals surface area contributed by atoms with Gasteiger partial charge in [-0.25, -0.2) is 17.2 Å². The van der Waals surface area contributed by atoms with Crippen LogP contribution in [0.2, 0.25) is 0 Å². The highest BCUT2D eigenvalue weighted by Gasteiger charge is 2.42. The van der Waals surface area contributed by atoms with Gasteiger partial charge in [-0.2, -0.15) is 4.31 Å². The number of para-hydroxylation sites is 1. The quantitative estimate of drug-likeness (QED) is 0.483. The van der Waals surface area contributed by atoms with Crippen molar-refractivity contribution >= 4 is 27.6 Å². The molecule has 0 aromatic heterocycles. The molecule has 1 aliphatic rings. The van der Waals surface area contributed by atoms with Crippen LogP contribution >= 0.6 is 0 Å². The fourth-order valence-corrected chi connectivity index (χ4v) is 5.57. The molecule has 0 bridgehead atoms. The van der Waals surface area contributed by atoms with Crippen LogP contribution in [0, 0.1) is 11.6 Å². The maximum atomic E-state index is 14.5. The van der Waals surface area contributed by atoms with Crippen LogP contribution in [-0.2, 0) is 26.1 Å². The van der Waals surface area contributed by atoms with Gasteiger partial charge < -0.3 is 14.4 Å². The summed E-state index contributed by atoms with van der Waals surface area (Å²) in [7, 11) is -1.75. The van der Waals surface area contributed by atoms with Crippen molar-refractivity contribution in [2.75, 3.05) is 25.7 Å². The number of sulfonamides is 1. The number of hydrogen-bond acceptors (Lipinski definition) is 6. The van der Waals surface area contributed by atoms with E-state index < -0.39 is 51.7 Å². The number of rotatable bonds is 5. The van der Waals surface area contributed by atoms with Crippen molar-refractivity contribution in [1.82, 2.24) is 4.31 Å². The SMILES string of the molecule is COC(=O)C1CN(C(=O)c2cccc(F)c2F)c2ccccc2CN1S(=O)(=O)c1ccc(OC)cc1. The Morgan fingerprint density at radius 2 is 1.64 bits per heavy atom. The molecule has 0 saturated heterocycles. The lowest BCUT2D eigenvalue weighted by molar-refractivity contribution is -0.144. The molecule has 3 aromatic rings. The first-order valence-corrected chi connectivity index (χ1v) is 12.2. The molecule has 0 spiro atoms. The van der Waals surface area contributed by atoms with Gasteiger partial charge in [-0.1, -0.05) is 24.3 Å². The molecular weight excluding hydrogens is 494 g/mol. The molecule has 11 heteroatoms.